The minimum atomic E-state index is -0.733. The van der Waals surface area contributed by atoms with Crippen molar-refractivity contribution in [1.82, 2.24) is 9.55 Å². The Labute approximate surface area is 158 Å². The molecule has 2 aromatic rings. The summed E-state index contributed by atoms with van der Waals surface area (Å²) in [7, 11) is 1.31. The second-order valence-corrected chi connectivity index (χ2v) is 6.76. The second-order valence-electron chi connectivity index (χ2n) is 6.76. The van der Waals surface area contributed by atoms with Crippen LogP contribution in [0.1, 0.15) is 18.5 Å². The average Bonchev–Trinajstić information content (AvgIpc) is 3.15. The standard InChI is InChI=1S/C19H25N5O3/c1-27-19(26)17(21)9-14-11-23(12-22-14)15-2-4-16(5-3-15)24-7-6-13(10-20)8-18(24)25/h2-5,11-13,17H,6-10,20-21H2,1H3. The molecule has 0 aliphatic carbocycles. The Hall–Kier alpha value is -2.71. The van der Waals surface area contributed by atoms with E-state index >= 15 is 0 Å². The zero-order valence-corrected chi connectivity index (χ0v) is 15.4. The zero-order chi connectivity index (χ0) is 19.4. The lowest BCUT2D eigenvalue weighted by atomic mass is 9.96. The van der Waals surface area contributed by atoms with Gasteiger partial charge in [0.2, 0.25) is 5.91 Å². The van der Waals surface area contributed by atoms with Gasteiger partial charge in [0.05, 0.1) is 19.1 Å². The molecule has 8 nitrogen and oxygen atoms in total. The first kappa shape index (κ1) is 19.1. The number of carbonyl (C=O) groups excluding carboxylic acids is 2. The Balaban J connectivity index is 1.67. The Morgan fingerprint density at radius 2 is 2.04 bits per heavy atom. The highest BCUT2D eigenvalue weighted by molar-refractivity contribution is 5.94. The number of hydrogen-bond acceptors (Lipinski definition) is 6. The number of amides is 1. The van der Waals surface area contributed by atoms with Crippen LogP contribution in [0.5, 0.6) is 0 Å². The SMILES string of the molecule is COC(=O)C(N)Cc1cn(-c2ccc(N3CCC(CN)CC3=O)cc2)cn1. The predicted octanol–water partition coefficient (Wildman–Crippen LogP) is 0.617. The quantitative estimate of drug-likeness (QED) is 0.719. The molecule has 8 heteroatoms. The topological polar surface area (TPSA) is 116 Å². The Morgan fingerprint density at radius 1 is 1.33 bits per heavy atom. The summed E-state index contributed by atoms with van der Waals surface area (Å²) in [5, 5.41) is 0. The molecule has 3 rings (SSSR count). The minimum absolute atomic E-state index is 0.117. The summed E-state index contributed by atoms with van der Waals surface area (Å²) in [5.41, 5.74) is 13.9. The fourth-order valence-electron chi connectivity index (χ4n) is 3.24. The van der Waals surface area contributed by atoms with Gasteiger partial charge in [0, 0.05) is 37.0 Å². The van der Waals surface area contributed by atoms with Gasteiger partial charge < -0.3 is 25.7 Å². The molecule has 0 spiro atoms. The number of hydrogen-bond donors (Lipinski definition) is 2. The third-order valence-electron chi connectivity index (χ3n) is 4.89. The van der Waals surface area contributed by atoms with Crippen LogP contribution in [0.15, 0.2) is 36.8 Å². The summed E-state index contributed by atoms with van der Waals surface area (Å²) >= 11 is 0. The van der Waals surface area contributed by atoms with E-state index in [4.69, 9.17) is 11.5 Å². The van der Waals surface area contributed by atoms with Crippen LogP contribution in [0.3, 0.4) is 0 Å². The molecule has 1 aromatic heterocycles. The predicted molar refractivity (Wildman–Crippen MR) is 101 cm³/mol. The number of esters is 1. The maximum Gasteiger partial charge on any atom is 0.323 e. The fourth-order valence-corrected chi connectivity index (χ4v) is 3.24. The van der Waals surface area contributed by atoms with Gasteiger partial charge in [0.1, 0.15) is 6.04 Å². The molecule has 0 radical (unpaired) electrons. The molecular formula is C19H25N5O3. The van der Waals surface area contributed by atoms with Crippen molar-refractivity contribution in [3.8, 4) is 5.69 Å². The molecule has 2 heterocycles. The van der Waals surface area contributed by atoms with Crippen molar-refractivity contribution in [2.45, 2.75) is 25.3 Å². The van der Waals surface area contributed by atoms with Gasteiger partial charge in [0.25, 0.3) is 0 Å². The molecule has 1 saturated heterocycles. The van der Waals surface area contributed by atoms with E-state index in [1.54, 1.807) is 6.33 Å². The lowest BCUT2D eigenvalue weighted by Crippen LogP contribution is -2.40. The number of carbonyl (C=O) groups is 2. The monoisotopic (exact) mass is 371 g/mol. The minimum Gasteiger partial charge on any atom is -0.468 e. The summed E-state index contributed by atoms with van der Waals surface area (Å²) in [6.45, 7) is 1.25. The lowest BCUT2D eigenvalue weighted by molar-refractivity contribution is -0.142. The van der Waals surface area contributed by atoms with Gasteiger partial charge in [-0.2, -0.15) is 0 Å². The van der Waals surface area contributed by atoms with Gasteiger partial charge >= 0.3 is 5.97 Å². The van der Waals surface area contributed by atoms with Crippen molar-refractivity contribution in [2.75, 3.05) is 25.1 Å². The molecule has 2 unspecified atom stereocenters. The number of anilines is 1. The molecule has 1 aromatic carbocycles. The molecule has 0 saturated carbocycles. The zero-order valence-electron chi connectivity index (χ0n) is 15.4. The lowest BCUT2D eigenvalue weighted by Gasteiger charge is -2.31. The van der Waals surface area contributed by atoms with Crippen molar-refractivity contribution >= 4 is 17.6 Å². The number of benzene rings is 1. The maximum absolute atomic E-state index is 12.3. The van der Waals surface area contributed by atoms with Crippen molar-refractivity contribution in [1.29, 1.82) is 0 Å². The highest BCUT2D eigenvalue weighted by atomic mass is 16.5. The van der Waals surface area contributed by atoms with Crippen LogP contribution in [0, 0.1) is 5.92 Å². The van der Waals surface area contributed by atoms with E-state index in [2.05, 4.69) is 9.72 Å². The van der Waals surface area contributed by atoms with Gasteiger partial charge in [-0.1, -0.05) is 0 Å². The molecule has 4 N–H and O–H groups in total. The van der Waals surface area contributed by atoms with Gasteiger partial charge in [-0.15, -0.1) is 0 Å². The van der Waals surface area contributed by atoms with Crippen LogP contribution < -0.4 is 16.4 Å². The molecule has 1 aliphatic heterocycles. The number of nitrogens with two attached hydrogens (primary N) is 2. The van der Waals surface area contributed by atoms with Crippen LogP contribution in [0.4, 0.5) is 5.69 Å². The van der Waals surface area contributed by atoms with Gasteiger partial charge in [-0.05, 0) is 43.1 Å². The summed E-state index contributed by atoms with van der Waals surface area (Å²) in [4.78, 5) is 29.8. The molecule has 1 fully saturated rings. The van der Waals surface area contributed by atoms with Gasteiger partial charge in [-0.25, -0.2) is 4.98 Å². The van der Waals surface area contributed by atoms with E-state index in [-0.39, 0.29) is 11.8 Å². The number of imidazole rings is 1. The fraction of sp³-hybridized carbons (Fsp3) is 0.421. The Morgan fingerprint density at radius 3 is 2.67 bits per heavy atom. The number of rotatable bonds is 6. The van der Waals surface area contributed by atoms with Crippen molar-refractivity contribution in [2.24, 2.45) is 17.4 Å². The van der Waals surface area contributed by atoms with E-state index in [0.29, 0.717) is 31.6 Å². The van der Waals surface area contributed by atoms with E-state index in [1.807, 2.05) is 39.9 Å². The number of nitrogens with zero attached hydrogens (tertiary/aromatic N) is 3. The third-order valence-corrected chi connectivity index (χ3v) is 4.89. The van der Waals surface area contributed by atoms with Crippen molar-refractivity contribution < 1.29 is 14.3 Å². The van der Waals surface area contributed by atoms with E-state index in [9.17, 15) is 9.59 Å². The van der Waals surface area contributed by atoms with Crippen LogP contribution >= 0.6 is 0 Å². The molecular weight excluding hydrogens is 346 g/mol. The molecule has 144 valence electrons. The second kappa shape index (κ2) is 8.32. The van der Waals surface area contributed by atoms with Gasteiger partial charge in [0.15, 0.2) is 0 Å². The average molecular weight is 371 g/mol. The summed E-state index contributed by atoms with van der Waals surface area (Å²) in [5.74, 6) is -0.0584. The van der Waals surface area contributed by atoms with Gasteiger partial charge in [-0.3, -0.25) is 9.59 Å². The highest BCUT2D eigenvalue weighted by Gasteiger charge is 2.25. The normalized spacial score (nSPS) is 18.4. The highest BCUT2D eigenvalue weighted by Crippen LogP contribution is 2.25. The number of piperidine rings is 1. The number of ether oxygens (including phenoxy) is 1. The number of methoxy groups -OCH3 is 1. The van der Waals surface area contributed by atoms with Crippen LogP contribution in [-0.2, 0) is 20.7 Å². The molecule has 2 atom stereocenters. The van der Waals surface area contributed by atoms with Crippen LogP contribution in [0.2, 0.25) is 0 Å². The molecule has 0 bridgehead atoms. The molecule has 1 amide bonds. The first-order valence-electron chi connectivity index (χ1n) is 8.99. The van der Waals surface area contributed by atoms with Crippen LogP contribution in [0.25, 0.3) is 5.69 Å². The van der Waals surface area contributed by atoms with Crippen molar-refractivity contribution in [3.63, 3.8) is 0 Å². The van der Waals surface area contributed by atoms with E-state index < -0.39 is 12.0 Å². The van der Waals surface area contributed by atoms with Crippen molar-refractivity contribution in [3.05, 3.63) is 42.5 Å². The third kappa shape index (κ3) is 4.35. The molecule has 1 aliphatic rings. The maximum atomic E-state index is 12.3. The first-order valence-corrected chi connectivity index (χ1v) is 8.99. The summed E-state index contributed by atoms with van der Waals surface area (Å²) < 4.78 is 6.48. The Bertz CT molecular complexity index is 802. The largest absolute Gasteiger partial charge is 0.468 e. The summed E-state index contributed by atoms with van der Waals surface area (Å²) in [6.07, 6.45) is 5.24. The number of aromatic nitrogens is 2. The van der Waals surface area contributed by atoms with E-state index in [0.717, 1.165) is 17.8 Å². The molecule has 27 heavy (non-hydrogen) atoms. The van der Waals surface area contributed by atoms with Crippen LogP contribution in [-0.4, -0.2) is 47.7 Å². The summed E-state index contributed by atoms with van der Waals surface area (Å²) in [6, 6.07) is 6.99. The van der Waals surface area contributed by atoms with E-state index in [1.165, 1.54) is 7.11 Å². The smallest absolute Gasteiger partial charge is 0.323 e. The Kier molecular flexibility index (Phi) is 5.88. The first-order chi connectivity index (χ1) is 13.0.